The predicted molar refractivity (Wildman–Crippen MR) is 81.6 cm³/mol. The maximum atomic E-state index is 11.0. The molecular formula is C14H11ClN2O3S. The maximum Gasteiger partial charge on any atom is 0.356 e. The van der Waals surface area contributed by atoms with E-state index in [4.69, 9.17) is 21.4 Å². The van der Waals surface area contributed by atoms with Gasteiger partial charge in [-0.25, -0.2) is 9.78 Å². The molecule has 0 saturated heterocycles. The minimum Gasteiger partial charge on any atom is -0.492 e. The van der Waals surface area contributed by atoms with Crippen LogP contribution in [0.25, 0.3) is 16.2 Å². The topological polar surface area (TPSA) is 63.8 Å². The summed E-state index contributed by atoms with van der Waals surface area (Å²) < 4.78 is 7.16. The number of hydrogen-bond donors (Lipinski definition) is 1. The lowest BCUT2D eigenvalue weighted by atomic mass is 10.1. The molecule has 0 radical (unpaired) electrons. The van der Waals surface area contributed by atoms with Crippen LogP contribution in [0.4, 0.5) is 0 Å². The highest BCUT2D eigenvalue weighted by Gasteiger charge is 2.14. The van der Waals surface area contributed by atoms with E-state index in [1.54, 1.807) is 16.5 Å². The monoisotopic (exact) mass is 322 g/mol. The molecule has 21 heavy (non-hydrogen) atoms. The van der Waals surface area contributed by atoms with Crippen molar-refractivity contribution in [1.82, 2.24) is 9.38 Å². The number of hydrogen-bond acceptors (Lipinski definition) is 4. The molecule has 3 rings (SSSR count). The zero-order valence-corrected chi connectivity index (χ0v) is 12.6. The van der Waals surface area contributed by atoms with Gasteiger partial charge in [-0.3, -0.25) is 4.40 Å². The SMILES string of the molecule is CCOc1ccc(-c2csc3nc(C(=O)O)cn23)cc1Cl. The summed E-state index contributed by atoms with van der Waals surface area (Å²) in [5.74, 6) is -0.409. The Bertz CT molecular complexity index is 825. The number of aromatic carboxylic acids is 1. The summed E-state index contributed by atoms with van der Waals surface area (Å²) in [5, 5.41) is 11.4. The molecule has 0 aliphatic heterocycles. The second kappa shape index (κ2) is 5.38. The van der Waals surface area contributed by atoms with Crippen LogP contribution in [-0.4, -0.2) is 27.1 Å². The van der Waals surface area contributed by atoms with Gasteiger partial charge in [0.05, 0.1) is 17.3 Å². The Morgan fingerprint density at radius 2 is 2.33 bits per heavy atom. The van der Waals surface area contributed by atoms with E-state index in [1.165, 1.54) is 17.5 Å². The smallest absolute Gasteiger partial charge is 0.356 e. The number of carboxylic acids is 1. The number of imidazole rings is 1. The molecule has 3 aromatic rings. The zero-order chi connectivity index (χ0) is 15.0. The first-order valence-electron chi connectivity index (χ1n) is 6.22. The fourth-order valence-electron chi connectivity index (χ4n) is 2.03. The van der Waals surface area contributed by atoms with E-state index in [9.17, 15) is 4.79 Å². The van der Waals surface area contributed by atoms with E-state index in [2.05, 4.69) is 4.98 Å². The summed E-state index contributed by atoms with van der Waals surface area (Å²) in [7, 11) is 0. The second-order valence-electron chi connectivity index (χ2n) is 4.28. The summed E-state index contributed by atoms with van der Waals surface area (Å²) in [5.41, 5.74) is 1.75. The van der Waals surface area contributed by atoms with Crippen molar-refractivity contribution in [2.45, 2.75) is 6.92 Å². The lowest BCUT2D eigenvalue weighted by molar-refractivity contribution is 0.0691. The van der Waals surface area contributed by atoms with Crippen molar-refractivity contribution in [3.63, 3.8) is 0 Å². The molecule has 0 atom stereocenters. The standard InChI is InChI=1S/C14H11ClN2O3S/c1-2-20-12-4-3-8(5-9(12)15)11-7-21-14-16-10(13(18)19)6-17(11)14/h3-7H,2H2,1H3,(H,18,19). The van der Waals surface area contributed by atoms with Gasteiger partial charge >= 0.3 is 5.97 Å². The molecule has 0 amide bonds. The van der Waals surface area contributed by atoms with Crippen LogP contribution in [-0.2, 0) is 0 Å². The van der Waals surface area contributed by atoms with Gasteiger partial charge in [-0.2, -0.15) is 0 Å². The van der Waals surface area contributed by atoms with Gasteiger partial charge in [-0.1, -0.05) is 11.6 Å². The molecule has 1 aromatic carbocycles. The Morgan fingerprint density at radius 1 is 1.52 bits per heavy atom. The van der Waals surface area contributed by atoms with Crippen molar-refractivity contribution < 1.29 is 14.6 Å². The Balaban J connectivity index is 2.07. The minimum atomic E-state index is -1.04. The van der Waals surface area contributed by atoms with Crippen molar-refractivity contribution in [2.24, 2.45) is 0 Å². The van der Waals surface area contributed by atoms with Crippen molar-refractivity contribution >= 4 is 33.9 Å². The van der Waals surface area contributed by atoms with Crippen molar-refractivity contribution in [2.75, 3.05) is 6.61 Å². The van der Waals surface area contributed by atoms with Gasteiger partial charge in [0.15, 0.2) is 10.7 Å². The molecule has 0 bridgehead atoms. The van der Waals surface area contributed by atoms with Crippen LogP contribution in [0.5, 0.6) is 5.75 Å². The Kier molecular flexibility index (Phi) is 3.57. The third kappa shape index (κ3) is 2.48. The molecule has 0 saturated carbocycles. The normalized spacial score (nSPS) is 11.0. The number of nitrogens with zero attached hydrogens (tertiary/aromatic N) is 2. The molecular weight excluding hydrogens is 312 g/mol. The third-order valence-corrected chi connectivity index (χ3v) is 4.09. The largest absolute Gasteiger partial charge is 0.492 e. The molecule has 0 aliphatic carbocycles. The molecule has 108 valence electrons. The highest BCUT2D eigenvalue weighted by atomic mass is 35.5. The number of fused-ring (bicyclic) bond motifs is 1. The summed E-state index contributed by atoms with van der Waals surface area (Å²) >= 11 is 7.57. The molecule has 2 aromatic heterocycles. The van der Waals surface area contributed by atoms with Crippen LogP contribution >= 0.6 is 22.9 Å². The van der Waals surface area contributed by atoms with Crippen LogP contribution in [0.2, 0.25) is 5.02 Å². The lowest BCUT2D eigenvalue weighted by Crippen LogP contribution is -1.95. The van der Waals surface area contributed by atoms with Crippen LogP contribution in [0, 0.1) is 0 Å². The summed E-state index contributed by atoms with van der Waals surface area (Å²) in [6.07, 6.45) is 1.51. The lowest BCUT2D eigenvalue weighted by Gasteiger charge is -2.07. The van der Waals surface area contributed by atoms with Gasteiger partial charge in [0.2, 0.25) is 0 Å². The van der Waals surface area contributed by atoms with Crippen LogP contribution in [0.1, 0.15) is 17.4 Å². The highest BCUT2D eigenvalue weighted by Crippen LogP contribution is 2.32. The Hall–Kier alpha value is -2.05. The summed E-state index contributed by atoms with van der Waals surface area (Å²) in [4.78, 5) is 15.7. The van der Waals surface area contributed by atoms with E-state index in [0.29, 0.717) is 22.3 Å². The van der Waals surface area contributed by atoms with Crippen molar-refractivity contribution in [3.05, 3.63) is 40.5 Å². The maximum absolute atomic E-state index is 11.0. The number of rotatable bonds is 4. The molecule has 0 spiro atoms. The highest BCUT2D eigenvalue weighted by molar-refractivity contribution is 7.15. The Morgan fingerprint density at radius 3 is 3.00 bits per heavy atom. The van der Waals surface area contributed by atoms with Gasteiger partial charge in [0.25, 0.3) is 0 Å². The van der Waals surface area contributed by atoms with Gasteiger partial charge in [-0.15, -0.1) is 11.3 Å². The van der Waals surface area contributed by atoms with E-state index in [-0.39, 0.29) is 5.69 Å². The second-order valence-corrected chi connectivity index (χ2v) is 5.53. The predicted octanol–water partition coefficient (Wildman–Crippen LogP) is 3.81. The van der Waals surface area contributed by atoms with Gasteiger partial charge in [-0.05, 0) is 25.1 Å². The molecule has 5 nitrogen and oxygen atoms in total. The first-order chi connectivity index (χ1) is 10.1. The summed E-state index contributed by atoms with van der Waals surface area (Å²) in [6, 6.07) is 5.49. The molecule has 0 aliphatic rings. The van der Waals surface area contributed by atoms with Crippen LogP contribution in [0.15, 0.2) is 29.8 Å². The molecule has 1 N–H and O–H groups in total. The molecule has 2 heterocycles. The average molecular weight is 323 g/mol. The van der Waals surface area contributed by atoms with E-state index in [0.717, 1.165) is 11.3 Å². The quantitative estimate of drug-likeness (QED) is 0.793. The third-order valence-electron chi connectivity index (χ3n) is 2.96. The number of carboxylic acid groups (broad SMARTS) is 1. The van der Waals surface area contributed by atoms with Gasteiger partial charge in [0, 0.05) is 17.1 Å². The molecule has 0 fully saturated rings. The van der Waals surface area contributed by atoms with Gasteiger partial charge in [0.1, 0.15) is 5.75 Å². The van der Waals surface area contributed by atoms with Crippen molar-refractivity contribution in [3.8, 4) is 17.0 Å². The first-order valence-corrected chi connectivity index (χ1v) is 7.48. The van der Waals surface area contributed by atoms with Crippen molar-refractivity contribution in [1.29, 1.82) is 0 Å². The fraction of sp³-hybridized carbons (Fsp3) is 0.143. The summed E-state index contributed by atoms with van der Waals surface area (Å²) in [6.45, 7) is 2.44. The number of carbonyl (C=O) groups is 1. The molecule has 0 unspecified atom stereocenters. The number of halogens is 1. The fourth-order valence-corrected chi connectivity index (χ4v) is 3.14. The number of aromatic nitrogens is 2. The van der Waals surface area contributed by atoms with E-state index < -0.39 is 5.97 Å². The van der Waals surface area contributed by atoms with Gasteiger partial charge < -0.3 is 9.84 Å². The van der Waals surface area contributed by atoms with E-state index >= 15 is 0 Å². The molecule has 7 heteroatoms. The number of benzene rings is 1. The van der Waals surface area contributed by atoms with Crippen LogP contribution < -0.4 is 4.74 Å². The van der Waals surface area contributed by atoms with E-state index in [1.807, 2.05) is 18.4 Å². The first kappa shape index (κ1) is 13.9. The van der Waals surface area contributed by atoms with Crippen LogP contribution in [0.3, 0.4) is 0 Å². The number of thiazole rings is 1. The Labute approximate surface area is 129 Å². The number of ether oxygens (including phenoxy) is 1. The average Bonchev–Trinajstić information content (AvgIpc) is 3.01. The zero-order valence-electron chi connectivity index (χ0n) is 11.0. The minimum absolute atomic E-state index is 0.0279.